The third-order valence-corrected chi connectivity index (χ3v) is 10.4. The Balaban J connectivity index is 0.000000142. The van der Waals surface area contributed by atoms with Crippen molar-refractivity contribution in [2.45, 2.75) is 96.5 Å². The molecule has 0 radical (unpaired) electrons. The zero-order valence-corrected chi connectivity index (χ0v) is 21.4. The molecule has 0 aromatic carbocycles. The first-order valence-electron chi connectivity index (χ1n) is 12.3. The lowest BCUT2D eigenvalue weighted by molar-refractivity contribution is 0.0592. The molecule has 0 spiro atoms. The Morgan fingerprint density at radius 2 is 1.41 bits per heavy atom. The quantitative estimate of drug-likeness (QED) is 0.650. The second kappa shape index (κ2) is 7.30. The van der Waals surface area contributed by atoms with E-state index in [0.717, 1.165) is 23.5 Å². The molecular weight excluding hydrogens is 428 g/mol. The van der Waals surface area contributed by atoms with E-state index in [1.54, 1.807) is 12.4 Å². The highest BCUT2D eigenvalue weighted by Gasteiger charge is 2.62. The molecular formula is C27H36N4O3. The van der Waals surface area contributed by atoms with Gasteiger partial charge in [0.1, 0.15) is 0 Å². The number of aromatic nitrogens is 4. The van der Waals surface area contributed by atoms with Crippen LogP contribution in [0.2, 0.25) is 0 Å². The molecule has 0 saturated heterocycles. The van der Waals surface area contributed by atoms with E-state index in [2.05, 4.69) is 61.5 Å². The van der Waals surface area contributed by atoms with Crippen molar-refractivity contribution < 1.29 is 14.6 Å². The number of carbonyl (C=O) groups is 1. The van der Waals surface area contributed by atoms with Gasteiger partial charge in [-0.3, -0.25) is 15.0 Å². The van der Waals surface area contributed by atoms with Crippen LogP contribution in [0.5, 0.6) is 0 Å². The number of nitrogens with zero attached hydrogens (tertiary/aromatic N) is 4. The van der Waals surface area contributed by atoms with Crippen molar-refractivity contribution in [1.29, 1.82) is 0 Å². The van der Waals surface area contributed by atoms with Crippen LogP contribution in [0, 0.1) is 10.8 Å². The first-order valence-corrected chi connectivity index (χ1v) is 12.3. The molecule has 4 atom stereocenters. The maximum atomic E-state index is 11.6. The van der Waals surface area contributed by atoms with Gasteiger partial charge in [0.2, 0.25) is 0 Å². The van der Waals surface area contributed by atoms with E-state index in [1.165, 1.54) is 32.1 Å². The summed E-state index contributed by atoms with van der Waals surface area (Å²) in [5.41, 5.74) is 6.02. The molecule has 2 aromatic heterocycles. The molecule has 7 nitrogen and oxygen atoms in total. The molecule has 2 fully saturated rings. The molecule has 0 amide bonds. The maximum absolute atomic E-state index is 11.6. The molecule has 2 saturated carbocycles. The summed E-state index contributed by atoms with van der Waals surface area (Å²) in [5, 5.41) is 9.15. The minimum absolute atomic E-state index is 0.0124. The lowest BCUT2D eigenvalue weighted by Crippen LogP contribution is -2.32. The highest BCUT2D eigenvalue weighted by atomic mass is 16.5. The van der Waals surface area contributed by atoms with Crippen molar-refractivity contribution in [1.82, 2.24) is 19.9 Å². The number of aliphatic hydroxyl groups excluding tert-OH is 1. The van der Waals surface area contributed by atoms with Crippen LogP contribution in [0.15, 0.2) is 12.4 Å². The number of aliphatic hydroxyl groups is 1. The summed E-state index contributed by atoms with van der Waals surface area (Å²) in [4.78, 5) is 29.7. The summed E-state index contributed by atoms with van der Waals surface area (Å²) in [6, 6.07) is 0. The molecule has 4 unspecified atom stereocenters. The molecule has 0 aliphatic heterocycles. The molecule has 4 aliphatic rings. The number of carbonyl (C=O) groups excluding carboxylic acids is 1. The minimum atomic E-state index is -0.408. The Labute approximate surface area is 201 Å². The van der Waals surface area contributed by atoms with Gasteiger partial charge < -0.3 is 9.84 Å². The van der Waals surface area contributed by atoms with Crippen LogP contribution in [0.3, 0.4) is 0 Å². The van der Waals surface area contributed by atoms with Crippen LogP contribution < -0.4 is 0 Å². The first kappa shape index (κ1) is 23.3. The number of hydrogen-bond donors (Lipinski definition) is 1. The van der Waals surface area contributed by atoms with E-state index in [0.29, 0.717) is 23.2 Å². The van der Waals surface area contributed by atoms with E-state index < -0.39 is 5.97 Å². The molecule has 4 bridgehead atoms. The predicted octanol–water partition coefficient (Wildman–Crippen LogP) is 4.58. The van der Waals surface area contributed by atoms with Gasteiger partial charge in [0.25, 0.3) is 0 Å². The molecule has 6 rings (SSSR count). The Bertz CT molecular complexity index is 1180. The number of ether oxygens (including phenoxy) is 1. The van der Waals surface area contributed by atoms with Crippen molar-refractivity contribution in [2.75, 3.05) is 7.11 Å². The average Bonchev–Trinajstić information content (AvgIpc) is 3.34. The average molecular weight is 465 g/mol. The lowest BCUT2D eigenvalue weighted by Gasteiger charge is -2.34. The third-order valence-electron chi connectivity index (χ3n) is 10.4. The van der Waals surface area contributed by atoms with Crippen LogP contribution in [-0.4, -0.2) is 38.1 Å². The lowest BCUT2D eigenvalue weighted by atomic mass is 9.70. The van der Waals surface area contributed by atoms with Crippen LogP contribution >= 0.6 is 0 Å². The van der Waals surface area contributed by atoms with Crippen molar-refractivity contribution in [3.05, 3.63) is 46.6 Å². The summed E-state index contributed by atoms with van der Waals surface area (Å²) in [6.07, 6.45) is 7.98. The fourth-order valence-corrected chi connectivity index (χ4v) is 7.24. The summed E-state index contributed by atoms with van der Waals surface area (Å²) >= 11 is 0. The van der Waals surface area contributed by atoms with Gasteiger partial charge in [0.15, 0.2) is 5.69 Å². The first-order chi connectivity index (χ1) is 15.9. The van der Waals surface area contributed by atoms with Gasteiger partial charge in [-0.1, -0.05) is 41.5 Å². The number of esters is 1. The monoisotopic (exact) mass is 464 g/mol. The van der Waals surface area contributed by atoms with E-state index in [-0.39, 0.29) is 28.3 Å². The topological polar surface area (TPSA) is 98.1 Å². The van der Waals surface area contributed by atoms with Crippen LogP contribution in [0.4, 0.5) is 0 Å². The van der Waals surface area contributed by atoms with Crippen LogP contribution in [-0.2, 0) is 22.2 Å². The van der Waals surface area contributed by atoms with Gasteiger partial charge in [0.05, 0.1) is 54.6 Å². The van der Waals surface area contributed by atoms with E-state index in [9.17, 15) is 4.79 Å². The molecule has 4 aliphatic carbocycles. The maximum Gasteiger partial charge on any atom is 0.358 e. The summed E-state index contributed by atoms with van der Waals surface area (Å²) in [7, 11) is 1.37. The Hall–Kier alpha value is -2.41. The number of fused-ring (bicyclic) bond motifs is 10. The zero-order chi connectivity index (χ0) is 24.7. The van der Waals surface area contributed by atoms with E-state index >= 15 is 0 Å². The van der Waals surface area contributed by atoms with Gasteiger partial charge in [-0.2, -0.15) is 0 Å². The SMILES string of the molecule is CC12CCC(c3ncc(CO)nc31)C2(C)C.COC(=O)c1cnc2c(n1)C1(C)CCC2C1(C)C. The molecule has 1 N–H and O–H groups in total. The van der Waals surface area contributed by atoms with E-state index in [4.69, 9.17) is 9.84 Å². The van der Waals surface area contributed by atoms with Crippen LogP contribution in [0.25, 0.3) is 0 Å². The third kappa shape index (κ3) is 2.76. The fraction of sp³-hybridized carbons (Fsp3) is 0.667. The second-order valence-corrected chi connectivity index (χ2v) is 12.0. The molecule has 7 heteroatoms. The van der Waals surface area contributed by atoms with Crippen molar-refractivity contribution in [2.24, 2.45) is 10.8 Å². The molecule has 182 valence electrons. The van der Waals surface area contributed by atoms with Crippen LogP contribution in [0.1, 0.15) is 118 Å². The highest BCUT2D eigenvalue weighted by molar-refractivity contribution is 5.86. The number of hydrogen-bond acceptors (Lipinski definition) is 7. The van der Waals surface area contributed by atoms with Gasteiger partial charge in [-0.05, 0) is 36.5 Å². The summed E-state index contributed by atoms with van der Waals surface area (Å²) in [6.45, 7) is 13.8. The van der Waals surface area contributed by atoms with Crippen molar-refractivity contribution in [3.63, 3.8) is 0 Å². The van der Waals surface area contributed by atoms with Crippen molar-refractivity contribution >= 4 is 5.97 Å². The Kier molecular flexibility index (Phi) is 5.01. The standard InChI is InChI=1S/C14H18N2O2.C13H18N2O/c1-13(2)8-5-6-14(13,3)11-10(8)15-7-9(16-11)12(17)18-4;1-12(2)9-4-5-13(12,3)11-10(9)14-6-8(7-16)15-11/h7-8H,5-6H2,1-4H3;6,9,16H,4-5,7H2,1-3H3. The highest BCUT2D eigenvalue weighted by Crippen LogP contribution is 2.67. The van der Waals surface area contributed by atoms with Gasteiger partial charge in [-0.25, -0.2) is 9.78 Å². The molecule has 2 aromatic rings. The molecule has 34 heavy (non-hydrogen) atoms. The Morgan fingerprint density at radius 1 is 0.912 bits per heavy atom. The largest absolute Gasteiger partial charge is 0.464 e. The van der Waals surface area contributed by atoms with E-state index in [1.807, 2.05) is 0 Å². The Morgan fingerprint density at radius 3 is 1.91 bits per heavy atom. The number of methoxy groups -OCH3 is 1. The fourth-order valence-electron chi connectivity index (χ4n) is 7.24. The predicted molar refractivity (Wildman–Crippen MR) is 128 cm³/mol. The van der Waals surface area contributed by atoms with Gasteiger partial charge in [0, 0.05) is 22.7 Å². The molecule has 2 heterocycles. The normalized spacial score (nSPS) is 32.6. The smallest absolute Gasteiger partial charge is 0.358 e. The zero-order valence-electron chi connectivity index (χ0n) is 21.4. The second-order valence-electron chi connectivity index (χ2n) is 12.0. The number of rotatable bonds is 2. The summed E-state index contributed by atoms with van der Waals surface area (Å²) in [5.74, 6) is 0.610. The summed E-state index contributed by atoms with van der Waals surface area (Å²) < 4.78 is 4.72. The van der Waals surface area contributed by atoms with Gasteiger partial charge in [-0.15, -0.1) is 0 Å². The van der Waals surface area contributed by atoms with Gasteiger partial charge >= 0.3 is 5.97 Å². The van der Waals surface area contributed by atoms with Crippen molar-refractivity contribution in [3.8, 4) is 0 Å². The minimum Gasteiger partial charge on any atom is -0.464 e.